The molecule has 0 spiro atoms. The molecule has 0 radical (unpaired) electrons. The van der Waals surface area contributed by atoms with E-state index in [1.807, 2.05) is 93.6 Å². The molecule has 1 fully saturated rings. The molecular weight excluding hydrogens is 576 g/mol. The van der Waals surface area contributed by atoms with Crippen LogP contribution in [0.4, 0.5) is 9.59 Å². The Kier molecular flexibility index (Phi) is 9.56. The minimum atomic E-state index is -1.10. The Labute approximate surface area is 261 Å². The zero-order chi connectivity index (χ0) is 32.0. The predicted molar refractivity (Wildman–Crippen MR) is 168 cm³/mol. The number of hydrogen-bond donors (Lipinski definition) is 2. The molecule has 11 heteroatoms. The van der Waals surface area contributed by atoms with Crippen molar-refractivity contribution in [2.75, 3.05) is 13.1 Å². The van der Waals surface area contributed by atoms with Crippen LogP contribution in [0.15, 0.2) is 79.1 Å². The standard InChI is InChI=1S/C34H38N4O7/c1-34(2,3)45-32(41)35-16-9-17-37-22-36-28-15-8-14-27(30(28)37)24-12-7-13-25(18-24)44-26-19-29(31(39)40)38(20-26)33(42)43-21-23-10-5-4-6-11-23/h4-8,10-15,18,22,26,29H,9,16-17,19-21H2,1-3H3,(H,35,41)(H,39,40)/t26-,29-/m0/s1. The molecule has 0 saturated carbocycles. The monoisotopic (exact) mass is 614 g/mol. The molecule has 2 amide bonds. The molecule has 1 aromatic heterocycles. The van der Waals surface area contributed by atoms with E-state index in [0.29, 0.717) is 25.3 Å². The van der Waals surface area contributed by atoms with Crippen molar-refractivity contribution in [1.82, 2.24) is 19.8 Å². The molecule has 1 aliphatic rings. The van der Waals surface area contributed by atoms with Gasteiger partial charge in [-0.05, 0) is 56.5 Å². The molecule has 2 heterocycles. The second-order valence-electron chi connectivity index (χ2n) is 11.9. The van der Waals surface area contributed by atoms with Gasteiger partial charge in [-0.25, -0.2) is 19.4 Å². The first-order chi connectivity index (χ1) is 21.6. The van der Waals surface area contributed by atoms with E-state index in [2.05, 4.69) is 14.9 Å². The Morgan fingerprint density at radius 3 is 2.56 bits per heavy atom. The molecule has 11 nitrogen and oxygen atoms in total. The van der Waals surface area contributed by atoms with Gasteiger partial charge in [0.1, 0.15) is 30.1 Å². The van der Waals surface area contributed by atoms with Gasteiger partial charge in [-0.15, -0.1) is 0 Å². The second kappa shape index (κ2) is 13.7. The number of ether oxygens (including phenoxy) is 3. The van der Waals surface area contributed by atoms with Gasteiger partial charge < -0.3 is 29.2 Å². The fourth-order valence-electron chi connectivity index (χ4n) is 5.33. The number of carboxylic acids is 1. The van der Waals surface area contributed by atoms with Crippen LogP contribution in [0.25, 0.3) is 22.2 Å². The topological polar surface area (TPSA) is 132 Å². The van der Waals surface area contributed by atoms with E-state index < -0.39 is 35.9 Å². The Morgan fingerprint density at radius 1 is 1.02 bits per heavy atom. The Balaban J connectivity index is 1.25. The third-order valence-electron chi connectivity index (χ3n) is 7.32. The van der Waals surface area contributed by atoms with Crippen LogP contribution in [-0.4, -0.2) is 68.5 Å². The maximum Gasteiger partial charge on any atom is 0.410 e. The van der Waals surface area contributed by atoms with E-state index >= 15 is 0 Å². The van der Waals surface area contributed by atoms with E-state index in [-0.39, 0.29) is 19.6 Å². The lowest BCUT2D eigenvalue weighted by Gasteiger charge is -2.20. The number of carbonyl (C=O) groups is 3. The van der Waals surface area contributed by atoms with Crippen LogP contribution in [0.5, 0.6) is 5.75 Å². The van der Waals surface area contributed by atoms with Crippen LogP contribution in [0.2, 0.25) is 0 Å². The normalized spacial score (nSPS) is 16.4. The number of nitrogens with zero attached hydrogens (tertiary/aromatic N) is 3. The highest BCUT2D eigenvalue weighted by atomic mass is 16.6. The molecule has 1 aliphatic heterocycles. The molecule has 4 aromatic rings. The van der Waals surface area contributed by atoms with Gasteiger partial charge in [-0.1, -0.05) is 54.6 Å². The zero-order valence-electron chi connectivity index (χ0n) is 25.6. The number of aromatic nitrogens is 2. The van der Waals surface area contributed by atoms with Crippen LogP contribution >= 0.6 is 0 Å². The number of likely N-dealkylation sites (tertiary alicyclic amines) is 1. The van der Waals surface area contributed by atoms with Gasteiger partial charge in [0, 0.05) is 25.1 Å². The maximum atomic E-state index is 12.8. The number of aryl methyl sites for hydroxylation is 1. The van der Waals surface area contributed by atoms with Crippen LogP contribution in [0.1, 0.15) is 39.2 Å². The van der Waals surface area contributed by atoms with Gasteiger partial charge >= 0.3 is 18.2 Å². The SMILES string of the molecule is CC(C)(C)OC(=O)NCCCn1cnc2cccc(-c3cccc(O[C@H]4C[C@@H](C(=O)O)N(C(=O)OCc5ccccc5)C4)c3)c21. The first kappa shape index (κ1) is 31.4. The molecule has 0 unspecified atom stereocenters. The van der Waals surface area contributed by atoms with Crippen molar-refractivity contribution in [2.45, 2.75) is 64.5 Å². The number of alkyl carbamates (subject to hydrolysis) is 1. The summed E-state index contributed by atoms with van der Waals surface area (Å²) in [7, 11) is 0. The summed E-state index contributed by atoms with van der Waals surface area (Å²) in [5.74, 6) is -0.543. The zero-order valence-corrected chi connectivity index (χ0v) is 25.6. The van der Waals surface area contributed by atoms with E-state index in [9.17, 15) is 19.5 Å². The Bertz CT molecular complexity index is 1650. The molecule has 236 valence electrons. The first-order valence-electron chi connectivity index (χ1n) is 15.0. The first-order valence-corrected chi connectivity index (χ1v) is 15.0. The number of amides is 2. The van der Waals surface area contributed by atoms with E-state index in [4.69, 9.17) is 14.2 Å². The molecule has 3 aromatic carbocycles. The smallest absolute Gasteiger partial charge is 0.410 e. The number of para-hydroxylation sites is 1. The van der Waals surface area contributed by atoms with Crippen molar-refractivity contribution in [1.29, 1.82) is 0 Å². The van der Waals surface area contributed by atoms with Crippen molar-refractivity contribution < 1.29 is 33.7 Å². The number of nitrogens with one attached hydrogen (secondary N) is 1. The summed E-state index contributed by atoms with van der Waals surface area (Å²) in [6, 6.07) is 21.7. The minimum absolute atomic E-state index is 0.0540. The highest BCUT2D eigenvalue weighted by Crippen LogP contribution is 2.32. The molecule has 5 rings (SSSR count). The van der Waals surface area contributed by atoms with Crippen molar-refractivity contribution in [3.05, 3.63) is 84.7 Å². The van der Waals surface area contributed by atoms with Gasteiger partial charge in [0.25, 0.3) is 0 Å². The van der Waals surface area contributed by atoms with Crippen molar-refractivity contribution in [3.63, 3.8) is 0 Å². The number of fused-ring (bicyclic) bond motifs is 1. The molecule has 0 bridgehead atoms. The highest BCUT2D eigenvalue weighted by Gasteiger charge is 2.41. The van der Waals surface area contributed by atoms with Crippen molar-refractivity contribution >= 4 is 29.2 Å². The summed E-state index contributed by atoms with van der Waals surface area (Å²) in [4.78, 5) is 42.6. The fraction of sp³-hybridized carbons (Fsp3) is 0.353. The molecule has 2 N–H and O–H groups in total. The van der Waals surface area contributed by atoms with Crippen LogP contribution in [0, 0.1) is 0 Å². The van der Waals surface area contributed by atoms with Gasteiger partial charge in [-0.2, -0.15) is 0 Å². The lowest BCUT2D eigenvalue weighted by Crippen LogP contribution is -2.40. The van der Waals surface area contributed by atoms with E-state index in [1.165, 1.54) is 4.90 Å². The predicted octanol–water partition coefficient (Wildman–Crippen LogP) is 5.86. The summed E-state index contributed by atoms with van der Waals surface area (Å²) < 4.78 is 19.0. The maximum absolute atomic E-state index is 12.8. The quantitative estimate of drug-likeness (QED) is 0.212. The third kappa shape index (κ3) is 8.11. The molecule has 1 saturated heterocycles. The van der Waals surface area contributed by atoms with Crippen molar-refractivity contribution in [3.8, 4) is 16.9 Å². The largest absolute Gasteiger partial charge is 0.488 e. The number of benzene rings is 3. The van der Waals surface area contributed by atoms with Gasteiger partial charge in [0.05, 0.1) is 23.9 Å². The highest BCUT2D eigenvalue weighted by molar-refractivity contribution is 5.92. The fourth-order valence-corrected chi connectivity index (χ4v) is 5.33. The average Bonchev–Trinajstić information content (AvgIpc) is 3.62. The lowest BCUT2D eigenvalue weighted by atomic mass is 10.0. The van der Waals surface area contributed by atoms with Crippen molar-refractivity contribution in [2.24, 2.45) is 0 Å². The number of carboxylic acid groups (broad SMARTS) is 1. The van der Waals surface area contributed by atoms with E-state index in [1.54, 1.807) is 6.33 Å². The van der Waals surface area contributed by atoms with Crippen LogP contribution in [-0.2, 0) is 27.4 Å². The number of rotatable bonds is 10. The number of imidazole rings is 1. The summed E-state index contributed by atoms with van der Waals surface area (Å²) in [5, 5.41) is 12.6. The molecule has 45 heavy (non-hydrogen) atoms. The van der Waals surface area contributed by atoms with Crippen LogP contribution < -0.4 is 10.1 Å². The number of hydrogen-bond acceptors (Lipinski definition) is 7. The van der Waals surface area contributed by atoms with Gasteiger partial charge in [0.15, 0.2) is 0 Å². The summed E-state index contributed by atoms with van der Waals surface area (Å²) >= 11 is 0. The number of aliphatic carboxylic acids is 1. The Morgan fingerprint density at radius 2 is 1.80 bits per heavy atom. The minimum Gasteiger partial charge on any atom is -0.488 e. The van der Waals surface area contributed by atoms with Crippen LogP contribution in [0.3, 0.4) is 0 Å². The Hall–Kier alpha value is -5.06. The second-order valence-corrected chi connectivity index (χ2v) is 11.9. The summed E-state index contributed by atoms with van der Waals surface area (Å²) in [5.41, 5.74) is 3.90. The third-order valence-corrected chi connectivity index (χ3v) is 7.32. The number of carbonyl (C=O) groups excluding carboxylic acids is 2. The molecular formula is C34H38N4O7. The molecule has 0 aliphatic carbocycles. The van der Waals surface area contributed by atoms with Gasteiger partial charge in [0.2, 0.25) is 0 Å². The van der Waals surface area contributed by atoms with Gasteiger partial charge in [-0.3, -0.25) is 4.90 Å². The average molecular weight is 615 g/mol. The summed E-state index contributed by atoms with van der Waals surface area (Å²) in [6.07, 6.45) is 0.952. The molecule has 2 atom stereocenters. The lowest BCUT2D eigenvalue weighted by molar-refractivity contribution is -0.141. The van der Waals surface area contributed by atoms with E-state index in [0.717, 1.165) is 27.7 Å². The summed E-state index contributed by atoms with van der Waals surface area (Å²) in [6.45, 7) is 6.71.